The third-order valence-electron chi connectivity index (χ3n) is 2.31. The number of halogens is 1. The van der Waals surface area contributed by atoms with Crippen molar-refractivity contribution in [2.24, 2.45) is 0 Å². The molecule has 0 radical (unpaired) electrons. The van der Waals surface area contributed by atoms with Gasteiger partial charge in [0.2, 0.25) is 0 Å². The third-order valence-corrected chi connectivity index (χ3v) is 2.31. The summed E-state index contributed by atoms with van der Waals surface area (Å²) in [6.07, 6.45) is 0. The van der Waals surface area contributed by atoms with E-state index < -0.39 is 5.97 Å². The van der Waals surface area contributed by atoms with Crippen LogP contribution < -0.4 is 0 Å². The molecular weight excluding hydrogens is 231 g/mol. The Hall–Kier alpha value is -2.60. The quantitative estimate of drug-likeness (QED) is 0.778. The number of hydrogen-bond acceptors (Lipinski definition) is 1. The lowest BCUT2D eigenvalue weighted by molar-refractivity contribution is 0.0697. The number of rotatable bonds is 1. The van der Waals surface area contributed by atoms with E-state index in [0.29, 0.717) is 11.1 Å². The molecule has 2 rings (SSSR count). The average molecular weight is 240 g/mol. The van der Waals surface area contributed by atoms with Gasteiger partial charge in [0.1, 0.15) is 5.82 Å². The van der Waals surface area contributed by atoms with Gasteiger partial charge in [-0.25, -0.2) is 9.18 Å². The molecule has 18 heavy (non-hydrogen) atoms. The van der Waals surface area contributed by atoms with E-state index in [-0.39, 0.29) is 11.4 Å². The standard InChI is InChI=1S/C15H9FO2/c16-14-3-1-2-12(10-14)5-4-11-6-8-13(9-7-11)15(17)18/h1-3,6-10H,(H,17,18). The summed E-state index contributed by atoms with van der Waals surface area (Å²) in [5.74, 6) is 4.35. The van der Waals surface area contributed by atoms with Gasteiger partial charge in [0.05, 0.1) is 5.56 Å². The molecule has 0 saturated carbocycles. The van der Waals surface area contributed by atoms with E-state index in [9.17, 15) is 9.18 Å². The summed E-state index contributed by atoms with van der Waals surface area (Å²) in [5, 5.41) is 8.74. The number of carbonyl (C=O) groups is 1. The van der Waals surface area contributed by atoms with Crippen LogP contribution in [0, 0.1) is 17.7 Å². The van der Waals surface area contributed by atoms with Crippen LogP contribution in [0.2, 0.25) is 0 Å². The van der Waals surface area contributed by atoms with Crippen LogP contribution in [0.3, 0.4) is 0 Å². The molecule has 0 fully saturated rings. The molecule has 2 nitrogen and oxygen atoms in total. The van der Waals surface area contributed by atoms with E-state index in [1.165, 1.54) is 24.3 Å². The maximum Gasteiger partial charge on any atom is 0.335 e. The molecule has 0 aliphatic heterocycles. The van der Waals surface area contributed by atoms with Gasteiger partial charge in [-0.1, -0.05) is 17.9 Å². The van der Waals surface area contributed by atoms with E-state index >= 15 is 0 Å². The first kappa shape index (κ1) is 11.9. The van der Waals surface area contributed by atoms with Crippen molar-refractivity contribution in [3.63, 3.8) is 0 Å². The van der Waals surface area contributed by atoms with Gasteiger partial charge < -0.3 is 5.11 Å². The Morgan fingerprint density at radius 1 is 1.00 bits per heavy atom. The Bertz CT molecular complexity index is 634. The summed E-state index contributed by atoms with van der Waals surface area (Å²) in [5.41, 5.74) is 1.48. The number of aromatic carboxylic acids is 1. The van der Waals surface area contributed by atoms with Crippen LogP contribution in [0.4, 0.5) is 4.39 Å². The molecule has 88 valence electrons. The highest BCUT2D eigenvalue weighted by Crippen LogP contribution is 2.05. The normalized spacial score (nSPS) is 9.39. The molecule has 0 unspecified atom stereocenters. The topological polar surface area (TPSA) is 37.3 Å². The second kappa shape index (κ2) is 5.15. The van der Waals surface area contributed by atoms with Gasteiger partial charge in [0.15, 0.2) is 0 Å². The molecule has 0 bridgehead atoms. The van der Waals surface area contributed by atoms with Gasteiger partial charge in [0, 0.05) is 11.1 Å². The van der Waals surface area contributed by atoms with Crippen molar-refractivity contribution in [3.05, 3.63) is 71.0 Å². The SMILES string of the molecule is O=C(O)c1ccc(C#Cc2cccc(F)c2)cc1. The minimum absolute atomic E-state index is 0.214. The predicted molar refractivity (Wildman–Crippen MR) is 65.8 cm³/mol. The van der Waals surface area contributed by atoms with Crippen molar-refractivity contribution in [2.45, 2.75) is 0 Å². The fourth-order valence-electron chi connectivity index (χ4n) is 1.41. The van der Waals surface area contributed by atoms with Crippen molar-refractivity contribution in [1.29, 1.82) is 0 Å². The van der Waals surface area contributed by atoms with E-state index in [0.717, 1.165) is 0 Å². The molecule has 0 aromatic heterocycles. The maximum absolute atomic E-state index is 12.9. The van der Waals surface area contributed by atoms with Crippen molar-refractivity contribution in [1.82, 2.24) is 0 Å². The largest absolute Gasteiger partial charge is 0.478 e. The van der Waals surface area contributed by atoms with E-state index in [1.807, 2.05) is 0 Å². The van der Waals surface area contributed by atoms with Crippen LogP contribution in [0.15, 0.2) is 48.5 Å². The highest BCUT2D eigenvalue weighted by Gasteiger charge is 1.99. The minimum Gasteiger partial charge on any atom is -0.478 e. The smallest absolute Gasteiger partial charge is 0.335 e. The van der Waals surface area contributed by atoms with Crippen LogP contribution in [0.25, 0.3) is 0 Å². The second-order valence-corrected chi connectivity index (χ2v) is 3.64. The zero-order chi connectivity index (χ0) is 13.0. The van der Waals surface area contributed by atoms with Crippen LogP contribution in [-0.2, 0) is 0 Å². The molecule has 0 aliphatic carbocycles. The lowest BCUT2D eigenvalue weighted by atomic mass is 10.1. The fourth-order valence-corrected chi connectivity index (χ4v) is 1.41. The van der Waals surface area contributed by atoms with E-state index in [4.69, 9.17) is 5.11 Å². The summed E-state index contributed by atoms with van der Waals surface area (Å²) in [4.78, 5) is 10.7. The molecule has 2 aromatic rings. The Labute approximate surface area is 104 Å². The first-order chi connectivity index (χ1) is 8.65. The zero-order valence-electron chi connectivity index (χ0n) is 9.35. The zero-order valence-corrected chi connectivity index (χ0v) is 9.35. The van der Waals surface area contributed by atoms with Gasteiger partial charge in [-0.2, -0.15) is 0 Å². The molecule has 2 aromatic carbocycles. The lowest BCUT2D eigenvalue weighted by Gasteiger charge is -1.94. The van der Waals surface area contributed by atoms with Crippen LogP contribution in [0.1, 0.15) is 21.5 Å². The first-order valence-electron chi connectivity index (χ1n) is 5.26. The van der Waals surface area contributed by atoms with Crippen LogP contribution in [-0.4, -0.2) is 11.1 Å². The van der Waals surface area contributed by atoms with Crippen molar-refractivity contribution in [2.75, 3.05) is 0 Å². The average Bonchev–Trinajstić information content (AvgIpc) is 2.37. The molecule has 1 N–H and O–H groups in total. The second-order valence-electron chi connectivity index (χ2n) is 3.64. The number of hydrogen-bond donors (Lipinski definition) is 1. The van der Waals surface area contributed by atoms with Gasteiger partial charge in [-0.3, -0.25) is 0 Å². The van der Waals surface area contributed by atoms with E-state index in [1.54, 1.807) is 24.3 Å². The highest BCUT2D eigenvalue weighted by molar-refractivity contribution is 5.87. The molecule has 3 heteroatoms. The minimum atomic E-state index is -0.973. The number of benzene rings is 2. The Balaban J connectivity index is 2.22. The Morgan fingerprint density at radius 3 is 2.28 bits per heavy atom. The molecule has 0 atom stereocenters. The summed E-state index contributed by atoms with van der Waals surface area (Å²) in [6.45, 7) is 0. The van der Waals surface area contributed by atoms with Crippen LogP contribution >= 0.6 is 0 Å². The lowest BCUT2D eigenvalue weighted by Crippen LogP contribution is -1.94. The summed E-state index contributed by atoms with van der Waals surface area (Å²) in [7, 11) is 0. The highest BCUT2D eigenvalue weighted by atomic mass is 19.1. The summed E-state index contributed by atoms with van der Waals surface area (Å²) < 4.78 is 12.9. The van der Waals surface area contributed by atoms with Crippen molar-refractivity contribution < 1.29 is 14.3 Å². The first-order valence-corrected chi connectivity index (χ1v) is 5.26. The van der Waals surface area contributed by atoms with Crippen molar-refractivity contribution in [3.8, 4) is 11.8 Å². The van der Waals surface area contributed by atoms with Gasteiger partial charge in [0.25, 0.3) is 0 Å². The van der Waals surface area contributed by atoms with Gasteiger partial charge in [-0.15, -0.1) is 0 Å². The molecule has 0 aliphatic rings. The monoisotopic (exact) mass is 240 g/mol. The van der Waals surface area contributed by atoms with Crippen molar-refractivity contribution >= 4 is 5.97 Å². The summed E-state index contributed by atoms with van der Waals surface area (Å²) >= 11 is 0. The number of carboxylic acids is 1. The number of carboxylic acid groups (broad SMARTS) is 1. The van der Waals surface area contributed by atoms with Gasteiger partial charge in [-0.05, 0) is 42.5 Å². The molecule has 0 saturated heterocycles. The maximum atomic E-state index is 12.9. The molecule has 0 heterocycles. The molecule has 0 amide bonds. The predicted octanol–water partition coefficient (Wildman–Crippen LogP) is 2.92. The van der Waals surface area contributed by atoms with Crippen LogP contribution in [0.5, 0.6) is 0 Å². The molecular formula is C15H9FO2. The third kappa shape index (κ3) is 2.96. The summed E-state index contributed by atoms with van der Waals surface area (Å²) in [6, 6.07) is 12.2. The fraction of sp³-hybridized carbons (Fsp3) is 0. The van der Waals surface area contributed by atoms with Gasteiger partial charge >= 0.3 is 5.97 Å². The molecule has 0 spiro atoms. The van der Waals surface area contributed by atoms with E-state index in [2.05, 4.69) is 11.8 Å². The Kier molecular flexibility index (Phi) is 3.40. The Morgan fingerprint density at radius 2 is 1.67 bits per heavy atom.